The molecule has 1 N–H and O–H groups in total. The lowest BCUT2D eigenvalue weighted by Crippen LogP contribution is -2.29. The average Bonchev–Trinajstić information content (AvgIpc) is 2.61. The summed E-state index contributed by atoms with van der Waals surface area (Å²) in [6, 6.07) is 13.3. The summed E-state index contributed by atoms with van der Waals surface area (Å²) >= 11 is 0. The van der Waals surface area contributed by atoms with Gasteiger partial charge in [-0.15, -0.1) is 0 Å². The standard InChI is InChI=1S/C19H18N2O5/c1-13-7-9-15(10-8-13)11-12-18(22)26-14(2)19(23)20-16-5-3-4-6-17(16)21(24)25/h3-12,14H,1-2H3,(H,20,23)/b12-11+/t14-/m1/s1. The molecule has 2 aromatic carbocycles. The molecule has 0 bridgehead atoms. The number of nitrogens with zero attached hydrogens (tertiary/aromatic N) is 1. The number of aryl methyl sites for hydroxylation is 1. The minimum atomic E-state index is -1.11. The third-order valence-electron chi connectivity index (χ3n) is 3.51. The maximum Gasteiger partial charge on any atom is 0.331 e. The Labute approximate surface area is 150 Å². The minimum Gasteiger partial charge on any atom is -0.449 e. The number of carbonyl (C=O) groups is 2. The Morgan fingerprint density at radius 1 is 1.15 bits per heavy atom. The Morgan fingerprint density at radius 2 is 1.81 bits per heavy atom. The number of benzene rings is 2. The molecular weight excluding hydrogens is 336 g/mol. The zero-order chi connectivity index (χ0) is 19.1. The van der Waals surface area contributed by atoms with Gasteiger partial charge in [-0.1, -0.05) is 42.0 Å². The van der Waals surface area contributed by atoms with Crippen molar-refractivity contribution in [3.63, 3.8) is 0 Å². The van der Waals surface area contributed by atoms with E-state index in [1.54, 1.807) is 12.1 Å². The Bertz CT molecular complexity index is 843. The van der Waals surface area contributed by atoms with Gasteiger partial charge >= 0.3 is 5.97 Å². The number of carbonyl (C=O) groups excluding carboxylic acids is 2. The Kier molecular flexibility index (Phi) is 6.21. The Morgan fingerprint density at radius 3 is 2.46 bits per heavy atom. The van der Waals surface area contributed by atoms with Crippen LogP contribution in [0.3, 0.4) is 0 Å². The highest BCUT2D eigenvalue weighted by atomic mass is 16.6. The van der Waals surface area contributed by atoms with Gasteiger partial charge < -0.3 is 10.1 Å². The third kappa shape index (κ3) is 5.27. The lowest BCUT2D eigenvalue weighted by Gasteiger charge is -2.12. The van der Waals surface area contributed by atoms with Crippen LogP contribution in [0.15, 0.2) is 54.6 Å². The fourth-order valence-corrected chi connectivity index (χ4v) is 2.08. The number of hydrogen-bond donors (Lipinski definition) is 1. The van der Waals surface area contributed by atoms with E-state index in [2.05, 4.69) is 5.32 Å². The van der Waals surface area contributed by atoms with Gasteiger partial charge in [0.2, 0.25) is 0 Å². The molecule has 0 unspecified atom stereocenters. The van der Waals surface area contributed by atoms with Gasteiger partial charge in [-0.05, 0) is 31.6 Å². The topological polar surface area (TPSA) is 98.5 Å². The van der Waals surface area contributed by atoms with Crippen LogP contribution in [-0.4, -0.2) is 22.9 Å². The predicted molar refractivity (Wildman–Crippen MR) is 97.5 cm³/mol. The van der Waals surface area contributed by atoms with E-state index in [0.29, 0.717) is 0 Å². The molecule has 0 aliphatic rings. The molecule has 134 valence electrons. The normalized spacial score (nSPS) is 11.8. The first-order valence-corrected chi connectivity index (χ1v) is 7.86. The number of nitro benzene ring substituents is 1. The Hall–Kier alpha value is -3.48. The van der Waals surface area contributed by atoms with Crippen LogP contribution in [0, 0.1) is 17.0 Å². The molecule has 2 rings (SSSR count). The van der Waals surface area contributed by atoms with Crippen molar-refractivity contribution in [3.05, 3.63) is 75.8 Å². The van der Waals surface area contributed by atoms with Crippen LogP contribution in [0.4, 0.5) is 11.4 Å². The van der Waals surface area contributed by atoms with Gasteiger partial charge in [-0.25, -0.2) is 4.79 Å². The van der Waals surface area contributed by atoms with E-state index in [1.807, 2.05) is 31.2 Å². The molecule has 26 heavy (non-hydrogen) atoms. The number of nitrogens with one attached hydrogen (secondary N) is 1. The van der Waals surface area contributed by atoms with Crippen LogP contribution >= 0.6 is 0 Å². The van der Waals surface area contributed by atoms with Crippen molar-refractivity contribution >= 4 is 29.3 Å². The molecule has 2 aromatic rings. The van der Waals surface area contributed by atoms with Gasteiger partial charge in [0.25, 0.3) is 11.6 Å². The van der Waals surface area contributed by atoms with E-state index < -0.39 is 22.9 Å². The molecule has 0 aromatic heterocycles. The summed E-state index contributed by atoms with van der Waals surface area (Å²) in [7, 11) is 0. The van der Waals surface area contributed by atoms with E-state index in [1.165, 1.54) is 31.2 Å². The average molecular weight is 354 g/mol. The minimum absolute atomic E-state index is 0.0422. The van der Waals surface area contributed by atoms with Crippen LogP contribution in [0.25, 0.3) is 6.08 Å². The highest BCUT2D eigenvalue weighted by Gasteiger charge is 2.20. The highest BCUT2D eigenvalue weighted by molar-refractivity contribution is 5.98. The summed E-state index contributed by atoms with van der Waals surface area (Å²) in [5, 5.41) is 13.3. The SMILES string of the molecule is Cc1ccc(/C=C/C(=O)O[C@H](C)C(=O)Nc2ccccc2[N+](=O)[O-])cc1. The van der Waals surface area contributed by atoms with E-state index in [-0.39, 0.29) is 11.4 Å². The van der Waals surface area contributed by atoms with Crippen LogP contribution in [0.5, 0.6) is 0 Å². The van der Waals surface area contributed by atoms with E-state index in [9.17, 15) is 19.7 Å². The zero-order valence-electron chi connectivity index (χ0n) is 14.3. The van der Waals surface area contributed by atoms with Crippen molar-refractivity contribution in [2.24, 2.45) is 0 Å². The van der Waals surface area contributed by atoms with E-state index in [0.717, 1.165) is 11.1 Å². The van der Waals surface area contributed by atoms with Gasteiger partial charge in [0.05, 0.1) is 4.92 Å². The van der Waals surface area contributed by atoms with Gasteiger partial charge in [-0.3, -0.25) is 14.9 Å². The van der Waals surface area contributed by atoms with Crippen molar-refractivity contribution in [2.75, 3.05) is 5.32 Å². The summed E-state index contributed by atoms with van der Waals surface area (Å²) in [4.78, 5) is 34.3. The van der Waals surface area contributed by atoms with E-state index in [4.69, 9.17) is 4.74 Å². The summed E-state index contributed by atoms with van der Waals surface area (Å²) in [5.41, 5.74) is 1.73. The number of hydrogen-bond acceptors (Lipinski definition) is 5. The number of para-hydroxylation sites is 2. The third-order valence-corrected chi connectivity index (χ3v) is 3.51. The summed E-state index contributed by atoms with van der Waals surface area (Å²) in [5.74, 6) is -1.34. The number of ether oxygens (including phenoxy) is 1. The molecule has 1 amide bonds. The van der Waals surface area contributed by atoms with Crippen LogP contribution in [0.2, 0.25) is 0 Å². The number of anilines is 1. The van der Waals surface area contributed by atoms with Gasteiger partial charge in [0, 0.05) is 12.1 Å². The summed E-state index contributed by atoms with van der Waals surface area (Å²) in [6.45, 7) is 3.35. The van der Waals surface area contributed by atoms with Gasteiger partial charge in [0.15, 0.2) is 6.10 Å². The monoisotopic (exact) mass is 354 g/mol. The highest BCUT2D eigenvalue weighted by Crippen LogP contribution is 2.23. The molecule has 0 spiro atoms. The van der Waals surface area contributed by atoms with Gasteiger partial charge in [-0.2, -0.15) is 0 Å². The molecule has 0 saturated heterocycles. The molecular formula is C19H18N2O5. The molecule has 7 heteroatoms. The molecule has 0 radical (unpaired) electrons. The van der Waals surface area contributed by atoms with Crippen LogP contribution in [0.1, 0.15) is 18.1 Å². The number of amides is 1. The lowest BCUT2D eigenvalue weighted by molar-refractivity contribution is -0.383. The first-order chi connectivity index (χ1) is 12.4. The molecule has 7 nitrogen and oxygen atoms in total. The molecule has 0 saturated carbocycles. The van der Waals surface area contributed by atoms with Crippen molar-refractivity contribution in [3.8, 4) is 0 Å². The molecule has 0 aliphatic heterocycles. The van der Waals surface area contributed by atoms with Crippen molar-refractivity contribution in [1.29, 1.82) is 0 Å². The predicted octanol–water partition coefficient (Wildman–Crippen LogP) is 3.49. The maximum absolute atomic E-state index is 12.1. The first-order valence-electron chi connectivity index (χ1n) is 7.86. The van der Waals surface area contributed by atoms with E-state index >= 15 is 0 Å². The molecule has 0 heterocycles. The quantitative estimate of drug-likeness (QED) is 0.370. The zero-order valence-corrected chi connectivity index (χ0v) is 14.3. The summed E-state index contributed by atoms with van der Waals surface area (Å²) in [6.07, 6.45) is 1.69. The lowest BCUT2D eigenvalue weighted by atomic mass is 10.1. The molecule has 0 aliphatic carbocycles. The van der Waals surface area contributed by atoms with Crippen molar-refractivity contribution in [2.45, 2.75) is 20.0 Å². The number of rotatable bonds is 6. The largest absolute Gasteiger partial charge is 0.449 e. The van der Waals surface area contributed by atoms with Crippen LogP contribution in [-0.2, 0) is 14.3 Å². The number of esters is 1. The first kappa shape index (κ1) is 18.9. The maximum atomic E-state index is 12.1. The second-order valence-corrected chi connectivity index (χ2v) is 5.59. The smallest absolute Gasteiger partial charge is 0.331 e. The Balaban J connectivity index is 1.95. The van der Waals surface area contributed by atoms with Crippen molar-refractivity contribution < 1.29 is 19.2 Å². The second kappa shape index (κ2) is 8.57. The molecule has 0 fully saturated rings. The van der Waals surface area contributed by atoms with Gasteiger partial charge in [0.1, 0.15) is 5.69 Å². The summed E-state index contributed by atoms with van der Waals surface area (Å²) < 4.78 is 5.02. The fraction of sp³-hybridized carbons (Fsp3) is 0.158. The van der Waals surface area contributed by atoms with Crippen LogP contribution < -0.4 is 5.32 Å². The number of nitro groups is 1. The fourth-order valence-electron chi connectivity index (χ4n) is 2.08. The molecule has 1 atom stereocenters. The van der Waals surface area contributed by atoms with Crippen molar-refractivity contribution in [1.82, 2.24) is 0 Å². The second-order valence-electron chi connectivity index (χ2n) is 5.59.